The van der Waals surface area contributed by atoms with Crippen LogP contribution in [0.3, 0.4) is 0 Å². The third-order valence-corrected chi connectivity index (χ3v) is 7.30. The van der Waals surface area contributed by atoms with Gasteiger partial charge in [0.15, 0.2) is 0 Å². The normalized spacial score (nSPS) is 24.6. The molecule has 1 aromatic carbocycles. The van der Waals surface area contributed by atoms with Crippen LogP contribution in [-0.4, -0.2) is 84.4 Å². The maximum Gasteiger partial charge on any atom is 0.372 e. The molecule has 5 atom stereocenters. The molecule has 11 nitrogen and oxygen atoms in total. The summed E-state index contributed by atoms with van der Waals surface area (Å²) in [6.07, 6.45) is -2.66. The van der Waals surface area contributed by atoms with Crippen LogP contribution >= 0.6 is 0 Å². The Balaban J connectivity index is 1.88. The van der Waals surface area contributed by atoms with E-state index in [-0.39, 0.29) is 53.2 Å². The average Bonchev–Trinajstić information content (AvgIpc) is 3.49. The number of benzene rings is 1. The van der Waals surface area contributed by atoms with Crippen molar-refractivity contribution in [1.29, 1.82) is 0 Å². The first kappa shape index (κ1) is 25.9. The van der Waals surface area contributed by atoms with Crippen LogP contribution in [0.4, 0.5) is 4.39 Å². The van der Waals surface area contributed by atoms with Crippen LogP contribution < -0.4 is 5.73 Å². The summed E-state index contributed by atoms with van der Waals surface area (Å²) in [6.45, 7) is 2.59. The lowest BCUT2D eigenvalue weighted by Gasteiger charge is -2.37. The molecule has 2 aliphatic heterocycles. The lowest BCUT2D eigenvalue weighted by molar-refractivity contribution is -0.227. The Morgan fingerprint density at radius 3 is 2.56 bits per heavy atom. The van der Waals surface area contributed by atoms with Gasteiger partial charge in [-0.05, 0) is 25.5 Å². The lowest BCUT2D eigenvalue weighted by Crippen LogP contribution is -2.55. The maximum atomic E-state index is 15.0. The van der Waals surface area contributed by atoms with Gasteiger partial charge in [-0.2, -0.15) is 0 Å². The number of fused-ring (bicyclic) bond motifs is 2. The standard InChI is InChI=1S/C24H29FN2O9/c1-10(21(26)29)7-12(17-14(28)5-6-15-16(17)11(2)18(36-15)23(31)32)22(30)27-8-13(25)19-20(27)24(33-3,34-4)9-35-19/h5-6,10,12-13,19-20,28H,7-9H2,1-4H3,(H2,26,29)(H,31,32). The number of halogens is 1. The molecule has 0 spiro atoms. The summed E-state index contributed by atoms with van der Waals surface area (Å²) in [7, 11) is 2.73. The average molecular weight is 508 g/mol. The highest BCUT2D eigenvalue weighted by atomic mass is 19.1. The van der Waals surface area contributed by atoms with E-state index >= 15 is 4.39 Å². The highest BCUT2D eigenvalue weighted by Gasteiger charge is 2.62. The molecule has 0 aliphatic carbocycles. The summed E-state index contributed by atoms with van der Waals surface area (Å²) in [6, 6.07) is 1.73. The Labute approximate surface area is 205 Å². The number of aromatic carboxylic acids is 1. The largest absolute Gasteiger partial charge is 0.508 e. The molecule has 12 heteroatoms. The van der Waals surface area contributed by atoms with Crippen molar-refractivity contribution in [3.8, 4) is 5.75 Å². The number of primary amides is 1. The first-order chi connectivity index (χ1) is 17.0. The van der Waals surface area contributed by atoms with Crippen molar-refractivity contribution in [2.45, 2.75) is 50.3 Å². The summed E-state index contributed by atoms with van der Waals surface area (Å²) in [5.74, 6) is -6.71. The van der Waals surface area contributed by atoms with E-state index in [4.69, 9.17) is 24.4 Å². The second-order valence-corrected chi connectivity index (χ2v) is 9.27. The highest BCUT2D eigenvalue weighted by Crippen LogP contribution is 2.45. The van der Waals surface area contributed by atoms with Crippen molar-refractivity contribution in [2.75, 3.05) is 27.4 Å². The number of nitrogens with two attached hydrogens (primary N) is 1. The lowest BCUT2D eigenvalue weighted by atomic mass is 9.84. The molecule has 36 heavy (non-hydrogen) atoms. The minimum absolute atomic E-state index is 0.0672. The Bertz CT molecular complexity index is 1210. The first-order valence-electron chi connectivity index (χ1n) is 11.4. The van der Waals surface area contributed by atoms with Crippen LogP contribution in [0.1, 0.15) is 40.9 Å². The van der Waals surface area contributed by atoms with E-state index in [1.807, 2.05) is 0 Å². The van der Waals surface area contributed by atoms with Crippen molar-refractivity contribution in [1.82, 2.24) is 4.90 Å². The van der Waals surface area contributed by atoms with Crippen molar-refractivity contribution in [2.24, 2.45) is 11.7 Å². The third-order valence-electron chi connectivity index (χ3n) is 7.30. The molecule has 4 N–H and O–H groups in total. The maximum absolute atomic E-state index is 15.0. The molecule has 0 saturated carbocycles. The van der Waals surface area contributed by atoms with E-state index in [0.717, 1.165) is 0 Å². The van der Waals surface area contributed by atoms with Gasteiger partial charge in [0.1, 0.15) is 36.3 Å². The summed E-state index contributed by atoms with van der Waals surface area (Å²) in [4.78, 5) is 39.0. The molecule has 4 rings (SSSR count). The number of carbonyl (C=O) groups excluding carboxylic acids is 2. The molecule has 2 aromatic rings. The number of alkyl halides is 1. The molecular formula is C24H29FN2O9. The van der Waals surface area contributed by atoms with E-state index < -0.39 is 53.7 Å². The monoisotopic (exact) mass is 508 g/mol. The summed E-state index contributed by atoms with van der Waals surface area (Å²) >= 11 is 0. The van der Waals surface area contributed by atoms with Crippen molar-refractivity contribution < 1.29 is 47.6 Å². The molecule has 196 valence electrons. The van der Waals surface area contributed by atoms with Crippen LogP contribution in [0, 0.1) is 12.8 Å². The zero-order valence-corrected chi connectivity index (χ0v) is 20.3. The topological polar surface area (TPSA) is 162 Å². The van der Waals surface area contributed by atoms with Crippen LogP contribution in [0.25, 0.3) is 11.0 Å². The molecule has 2 fully saturated rings. The van der Waals surface area contributed by atoms with Gasteiger partial charge in [0.2, 0.25) is 23.4 Å². The smallest absolute Gasteiger partial charge is 0.372 e. The number of likely N-dealkylation sites (tertiary alicyclic amines) is 1. The van der Waals surface area contributed by atoms with E-state index in [2.05, 4.69) is 0 Å². The fourth-order valence-electron chi connectivity index (χ4n) is 5.36. The number of methoxy groups -OCH3 is 2. The number of nitrogens with zero attached hydrogens (tertiary/aromatic N) is 1. The Kier molecular flexibility index (Phi) is 6.71. The number of phenols is 1. The second kappa shape index (κ2) is 9.34. The fourth-order valence-corrected chi connectivity index (χ4v) is 5.36. The molecule has 0 bridgehead atoms. The number of rotatable bonds is 8. The summed E-state index contributed by atoms with van der Waals surface area (Å²) < 4.78 is 37.1. The zero-order chi connectivity index (χ0) is 26.5. The van der Waals surface area contributed by atoms with E-state index in [0.29, 0.717) is 0 Å². The number of ether oxygens (including phenoxy) is 3. The minimum Gasteiger partial charge on any atom is -0.508 e. The predicted octanol–water partition coefficient (Wildman–Crippen LogP) is 1.68. The van der Waals surface area contributed by atoms with Gasteiger partial charge in [0, 0.05) is 36.7 Å². The number of furan rings is 1. The van der Waals surface area contributed by atoms with Gasteiger partial charge in [-0.1, -0.05) is 6.92 Å². The molecule has 2 amide bonds. The second-order valence-electron chi connectivity index (χ2n) is 9.27. The Morgan fingerprint density at radius 2 is 1.97 bits per heavy atom. The minimum atomic E-state index is -1.53. The summed E-state index contributed by atoms with van der Waals surface area (Å²) in [5.41, 5.74) is 5.89. The number of carboxylic acids is 1. The highest BCUT2D eigenvalue weighted by molar-refractivity contribution is 6.00. The Hall–Kier alpha value is -3.22. The van der Waals surface area contributed by atoms with Gasteiger partial charge >= 0.3 is 5.97 Å². The van der Waals surface area contributed by atoms with Crippen LogP contribution in [0.15, 0.2) is 16.5 Å². The van der Waals surface area contributed by atoms with Gasteiger partial charge in [0.05, 0.1) is 12.5 Å². The molecular weight excluding hydrogens is 479 g/mol. The number of phenolic OH excluding ortho intramolecular Hbond substituents is 1. The van der Waals surface area contributed by atoms with Gasteiger partial charge in [-0.25, -0.2) is 9.18 Å². The van der Waals surface area contributed by atoms with E-state index in [9.17, 15) is 24.6 Å². The van der Waals surface area contributed by atoms with E-state index in [1.165, 1.54) is 45.1 Å². The number of carboxylic acid groups (broad SMARTS) is 1. The quantitative estimate of drug-likeness (QED) is 0.450. The van der Waals surface area contributed by atoms with E-state index in [1.54, 1.807) is 0 Å². The van der Waals surface area contributed by atoms with Crippen molar-refractivity contribution in [3.63, 3.8) is 0 Å². The fraction of sp³-hybridized carbons (Fsp3) is 0.542. The van der Waals surface area contributed by atoms with Crippen molar-refractivity contribution >= 4 is 28.8 Å². The molecule has 2 saturated heterocycles. The zero-order valence-electron chi connectivity index (χ0n) is 20.3. The number of hydrogen-bond acceptors (Lipinski definition) is 8. The van der Waals surface area contributed by atoms with Crippen LogP contribution in [0.5, 0.6) is 5.75 Å². The van der Waals surface area contributed by atoms with Crippen LogP contribution in [0.2, 0.25) is 0 Å². The van der Waals surface area contributed by atoms with Crippen LogP contribution in [-0.2, 0) is 23.8 Å². The Morgan fingerprint density at radius 1 is 1.31 bits per heavy atom. The van der Waals surface area contributed by atoms with Gasteiger partial charge in [0.25, 0.3) is 0 Å². The molecule has 2 aliphatic rings. The van der Waals surface area contributed by atoms with Gasteiger partial charge < -0.3 is 39.5 Å². The van der Waals surface area contributed by atoms with Gasteiger partial charge in [-0.15, -0.1) is 0 Å². The molecule has 5 unspecified atom stereocenters. The first-order valence-corrected chi connectivity index (χ1v) is 11.4. The van der Waals surface area contributed by atoms with Gasteiger partial charge in [-0.3, -0.25) is 9.59 Å². The number of aromatic hydroxyl groups is 1. The number of carbonyl (C=O) groups is 3. The number of amides is 2. The molecule has 0 radical (unpaired) electrons. The predicted molar refractivity (Wildman–Crippen MR) is 122 cm³/mol. The third kappa shape index (κ3) is 3.89. The SMILES string of the molecule is COC1(OC)COC2C(F)CN(C(=O)C(CC(C)C(N)=O)c3c(O)ccc4oc(C(=O)O)c(C)c34)C21. The summed E-state index contributed by atoms with van der Waals surface area (Å²) in [5, 5.41) is 20.7. The molecule has 1 aromatic heterocycles. The molecule has 3 heterocycles. The number of hydrogen-bond donors (Lipinski definition) is 3. The number of aryl methyl sites for hydroxylation is 1. The van der Waals surface area contributed by atoms with Crippen molar-refractivity contribution in [3.05, 3.63) is 29.0 Å².